The molecule has 0 aliphatic heterocycles. The van der Waals surface area contributed by atoms with Gasteiger partial charge in [-0.1, -0.05) is 35.9 Å². The zero-order valence-corrected chi connectivity index (χ0v) is 15.8. The van der Waals surface area contributed by atoms with Crippen molar-refractivity contribution in [3.05, 3.63) is 88.9 Å². The van der Waals surface area contributed by atoms with E-state index in [-0.39, 0.29) is 11.3 Å². The van der Waals surface area contributed by atoms with Crippen molar-refractivity contribution < 1.29 is 23.8 Å². The average Bonchev–Trinajstić information content (AvgIpc) is 2.72. The second kappa shape index (κ2) is 9.06. The number of halogens is 1. The van der Waals surface area contributed by atoms with Crippen molar-refractivity contribution in [2.75, 3.05) is 13.7 Å². The van der Waals surface area contributed by atoms with Crippen molar-refractivity contribution in [1.29, 1.82) is 0 Å². The van der Waals surface area contributed by atoms with E-state index in [9.17, 15) is 9.59 Å². The Bertz CT molecular complexity index is 985. The van der Waals surface area contributed by atoms with Crippen LogP contribution in [0.5, 0.6) is 17.2 Å². The Labute approximate surface area is 167 Å². The van der Waals surface area contributed by atoms with Crippen molar-refractivity contribution in [1.82, 2.24) is 0 Å². The lowest BCUT2D eigenvalue weighted by Gasteiger charge is -2.08. The van der Waals surface area contributed by atoms with Crippen molar-refractivity contribution in [3.8, 4) is 17.2 Å². The Kier molecular flexibility index (Phi) is 6.29. The molecule has 0 saturated heterocycles. The van der Waals surface area contributed by atoms with Crippen LogP contribution in [0.25, 0.3) is 0 Å². The van der Waals surface area contributed by atoms with E-state index in [0.29, 0.717) is 27.8 Å². The highest BCUT2D eigenvalue weighted by Crippen LogP contribution is 2.25. The van der Waals surface area contributed by atoms with E-state index < -0.39 is 12.6 Å². The summed E-state index contributed by atoms with van der Waals surface area (Å²) in [5, 5.41) is 0.311. The molecule has 28 heavy (non-hydrogen) atoms. The number of carbonyl (C=O) groups excluding carboxylic acids is 2. The molecular formula is C22H17ClO5. The Balaban J connectivity index is 1.62. The first kappa shape index (κ1) is 19.5. The van der Waals surface area contributed by atoms with E-state index in [2.05, 4.69) is 0 Å². The van der Waals surface area contributed by atoms with Gasteiger partial charge in [-0.15, -0.1) is 0 Å². The van der Waals surface area contributed by atoms with Crippen molar-refractivity contribution >= 4 is 23.4 Å². The first-order chi connectivity index (χ1) is 13.6. The van der Waals surface area contributed by atoms with Crippen molar-refractivity contribution in [2.24, 2.45) is 0 Å². The summed E-state index contributed by atoms with van der Waals surface area (Å²) in [5.41, 5.74) is 0.619. The van der Waals surface area contributed by atoms with Gasteiger partial charge in [0.1, 0.15) is 17.2 Å². The van der Waals surface area contributed by atoms with Crippen LogP contribution in [0.4, 0.5) is 0 Å². The number of hydrogen-bond donors (Lipinski definition) is 0. The molecule has 0 radical (unpaired) electrons. The van der Waals surface area contributed by atoms with Gasteiger partial charge in [0, 0.05) is 5.56 Å². The van der Waals surface area contributed by atoms with Gasteiger partial charge >= 0.3 is 5.97 Å². The maximum absolute atomic E-state index is 12.3. The van der Waals surface area contributed by atoms with Gasteiger partial charge in [-0.25, -0.2) is 4.79 Å². The number of methoxy groups -OCH3 is 1. The lowest BCUT2D eigenvalue weighted by atomic mass is 10.1. The molecule has 3 rings (SSSR count). The average molecular weight is 397 g/mol. The van der Waals surface area contributed by atoms with Crippen LogP contribution in [0.3, 0.4) is 0 Å². The molecule has 0 N–H and O–H groups in total. The molecule has 0 spiro atoms. The van der Waals surface area contributed by atoms with Crippen molar-refractivity contribution in [2.45, 2.75) is 0 Å². The van der Waals surface area contributed by atoms with E-state index in [0.717, 1.165) is 0 Å². The predicted octanol–water partition coefficient (Wildman–Crippen LogP) is 5.18. The van der Waals surface area contributed by atoms with Gasteiger partial charge in [-0.3, -0.25) is 4.79 Å². The third-order valence-corrected chi connectivity index (χ3v) is 4.15. The molecule has 5 nitrogen and oxygen atoms in total. The minimum Gasteiger partial charge on any atom is -0.495 e. The monoisotopic (exact) mass is 396 g/mol. The molecule has 0 aliphatic carbocycles. The number of Topliss-reactive ketones (excluding diaryl/α,β-unsaturated/α-hetero) is 1. The number of benzene rings is 3. The zero-order chi connectivity index (χ0) is 19.9. The molecule has 0 heterocycles. The first-order valence-electron chi connectivity index (χ1n) is 8.43. The summed E-state index contributed by atoms with van der Waals surface area (Å²) in [4.78, 5) is 24.5. The van der Waals surface area contributed by atoms with Gasteiger partial charge in [0.2, 0.25) is 0 Å². The number of esters is 1. The normalized spacial score (nSPS) is 10.2. The van der Waals surface area contributed by atoms with Gasteiger partial charge < -0.3 is 14.2 Å². The number of ether oxygens (including phenoxy) is 3. The minimum absolute atomic E-state index is 0.286. The lowest BCUT2D eigenvalue weighted by Crippen LogP contribution is -2.14. The zero-order valence-electron chi connectivity index (χ0n) is 15.1. The fourth-order valence-electron chi connectivity index (χ4n) is 2.45. The standard InChI is InChI=1S/C22H17ClO5/c1-26-21-11-10-15(13-19(21)23)20(24)14-27-22(25)16-6-5-9-18(12-16)28-17-7-3-2-4-8-17/h2-13H,14H2,1H3. The molecule has 6 heteroatoms. The smallest absolute Gasteiger partial charge is 0.338 e. The van der Waals surface area contributed by atoms with Gasteiger partial charge in [-0.2, -0.15) is 0 Å². The van der Waals surface area contributed by atoms with Gasteiger partial charge in [-0.05, 0) is 48.5 Å². The van der Waals surface area contributed by atoms with E-state index >= 15 is 0 Å². The predicted molar refractivity (Wildman–Crippen MR) is 106 cm³/mol. The second-order valence-corrected chi connectivity index (χ2v) is 6.20. The van der Waals surface area contributed by atoms with Crippen LogP contribution in [0, 0.1) is 0 Å². The third-order valence-electron chi connectivity index (χ3n) is 3.86. The van der Waals surface area contributed by atoms with Gasteiger partial charge in [0.25, 0.3) is 0 Å². The molecule has 0 fully saturated rings. The number of rotatable bonds is 7. The minimum atomic E-state index is -0.619. The van der Waals surface area contributed by atoms with E-state index in [4.69, 9.17) is 25.8 Å². The lowest BCUT2D eigenvalue weighted by molar-refractivity contribution is 0.0474. The maximum Gasteiger partial charge on any atom is 0.338 e. The van der Waals surface area contributed by atoms with Gasteiger partial charge in [0.15, 0.2) is 12.4 Å². The van der Waals surface area contributed by atoms with Crippen LogP contribution in [0.1, 0.15) is 20.7 Å². The summed E-state index contributed by atoms with van der Waals surface area (Å²) in [7, 11) is 1.49. The number of ketones is 1. The summed E-state index contributed by atoms with van der Waals surface area (Å²) in [6.45, 7) is -0.398. The van der Waals surface area contributed by atoms with Crippen LogP contribution in [-0.4, -0.2) is 25.5 Å². The van der Waals surface area contributed by atoms with Crippen LogP contribution < -0.4 is 9.47 Å². The molecule has 0 aliphatic rings. The molecule has 0 aromatic heterocycles. The van der Waals surface area contributed by atoms with Gasteiger partial charge in [0.05, 0.1) is 17.7 Å². The molecule has 0 atom stereocenters. The Hall–Kier alpha value is -3.31. The second-order valence-electron chi connectivity index (χ2n) is 5.79. The van der Waals surface area contributed by atoms with E-state index in [1.807, 2.05) is 30.3 Å². The quantitative estimate of drug-likeness (QED) is 0.406. The summed E-state index contributed by atoms with van der Waals surface area (Å²) >= 11 is 6.02. The molecular weight excluding hydrogens is 380 g/mol. The Morgan fingerprint density at radius 2 is 1.61 bits per heavy atom. The fourth-order valence-corrected chi connectivity index (χ4v) is 2.71. The summed E-state index contributed by atoms with van der Waals surface area (Å²) in [5.74, 6) is 0.625. The largest absolute Gasteiger partial charge is 0.495 e. The number of hydrogen-bond acceptors (Lipinski definition) is 5. The topological polar surface area (TPSA) is 61.8 Å². The Morgan fingerprint density at radius 1 is 0.857 bits per heavy atom. The summed E-state index contributed by atoms with van der Waals surface area (Å²) in [6.07, 6.45) is 0. The SMILES string of the molecule is COc1ccc(C(=O)COC(=O)c2cccc(Oc3ccccc3)c2)cc1Cl. The van der Waals surface area contributed by atoms with Crippen LogP contribution >= 0.6 is 11.6 Å². The van der Waals surface area contributed by atoms with Crippen LogP contribution in [-0.2, 0) is 4.74 Å². The maximum atomic E-state index is 12.3. The van der Waals surface area contributed by atoms with Crippen molar-refractivity contribution in [3.63, 3.8) is 0 Å². The summed E-state index contributed by atoms with van der Waals surface area (Å²) in [6, 6.07) is 20.4. The molecule has 3 aromatic rings. The highest BCUT2D eigenvalue weighted by Gasteiger charge is 2.14. The van der Waals surface area contributed by atoms with Crippen LogP contribution in [0.2, 0.25) is 5.02 Å². The highest BCUT2D eigenvalue weighted by atomic mass is 35.5. The molecule has 3 aromatic carbocycles. The molecule has 0 saturated carbocycles. The molecule has 0 amide bonds. The third kappa shape index (κ3) is 4.90. The highest BCUT2D eigenvalue weighted by molar-refractivity contribution is 6.32. The Morgan fingerprint density at radius 3 is 2.32 bits per heavy atom. The first-order valence-corrected chi connectivity index (χ1v) is 8.81. The number of para-hydroxylation sites is 1. The molecule has 0 bridgehead atoms. The molecule has 0 unspecified atom stereocenters. The van der Waals surface area contributed by atoms with E-state index in [1.54, 1.807) is 36.4 Å². The van der Waals surface area contributed by atoms with Crippen LogP contribution in [0.15, 0.2) is 72.8 Å². The fraction of sp³-hybridized carbons (Fsp3) is 0.0909. The summed E-state index contributed by atoms with van der Waals surface area (Å²) < 4.78 is 15.9. The van der Waals surface area contributed by atoms with E-state index in [1.165, 1.54) is 13.2 Å². The molecule has 142 valence electrons. The number of carbonyl (C=O) groups is 2.